The van der Waals surface area contributed by atoms with Crippen LogP contribution in [0.2, 0.25) is 0 Å². The van der Waals surface area contributed by atoms with E-state index >= 15 is 0 Å². The lowest BCUT2D eigenvalue weighted by molar-refractivity contribution is 0.102. The van der Waals surface area contributed by atoms with Crippen molar-refractivity contribution in [3.63, 3.8) is 0 Å². The minimum absolute atomic E-state index is 0.142. The highest BCUT2D eigenvalue weighted by Gasteiger charge is 2.25. The van der Waals surface area contributed by atoms with E-state index in [9.17, 15) is 13.2 Å². The number of nitrogens with one attached hydrogen (secondary N) is 1. The molecule has 0 saturated carbocycles. The van der Waals surface area contributed by atoms with Crippen molar-refractivity contribution >= 4 is 38.1 Å². The summed E-state index contributed by atoms with van der Waals surface area (Å²) in [6, 6.07) is 15.5. The molecule has 0 spiro atoms. The molecule has 1 aliphatic heterocycles. The lowest BCUT2D eigenvalue weighted by atomic mass is 10.1. The predicted molar refractivity (Wildman–Crippen MR) is 132 cm³/mol. The van der Waals surface area contributed by atoms with Crippen molar-refractivity contribution in [1.29, 1.82) is 0 Å². The number of fused-ring (bicyclic) bond motifs is 1. The number of benzene rings is 2. The van der Waals surface area contributed by atoms with Gasteiger partial charge in [-0.05, 0) is 57.2 Å². The number of nitrogens with zero attached hydrogens (tertiary/aromatic N) is 3. The van der Waals surface area contributed by atoms with Crippen LogP contribution in [0.25, 0.3) is 0 Å². The summed E-state index contributed by atoms with van der Waals surface area (Å²) in [6.45, 7) is 8.27. The number of aromatic nitrogens is 1. The van der Waals surface area contributed by atoms with Crippen LogP contribution in [0.4, 0.5) is 10.8 Å². The second kappa shape index (κ2) is 9.62. The minimum Gasteiger partial charge on any atom is -0.298 e. The van der Waals surface area contributed by atoms with Crippen LogP contribution in [0.15, 0.2) is 59.5 Å². The van der Waals surface area contributed by atoms with Crippen LogP contribution in [0.1, 0.15) is 41.7 Å². The van der Waals surface area contributed by atoms with Crippen LogP contribution < -0.4 is 9.62 Å². The highest BCUT2D eigenvalue weighted by atomic mass is 32.2. The van der Waals surface area contributed by atoms with Crippen LogP contribution in [-0.2, 0) is 23.0 Å². The molecular weight excluding hydrogens is 456 g/mol. The van der Waals surface area contributed by atoms with Gasteiger partial charge in [0.2, 0.25) is 0 Å². The van der Waals surface area contributed by atoms with Gasteiger partial charge in [0, 0.05) is 42.5 Å². The van der Waals surface area contributed by atoms with Crippen molar-refractivity contribution in [2.75, 3.05) is 22.7 Å². The van der Waals surface area contributed by atoms with Crippen LogP contribution in [0, 0.1) is 0 Å². The van der Waals surface area contributed by atoms with E-state index in [1.165, 1.54) is 44.8 Å². The third-order valence-corrected chi connectivity index (χ3v) is 8.66. The monoisotopic (exact) mass is 484 g/mol. The summed E-state index contributed by atoms with van der Waals surface area (Å²) in [6.07, 6.45) is 0.877. The minimum atomic E-state index is -3.73. The lowest BCUT2D eigenvalue weighted by Gasteiger charge is -2.29. The van der Waals surface area contributed by atoms with Crippen LogP contribution >= 0.6 is 11.3 Å². The number of amides is 1. The van der Waals surface area contributed by atoms with Crippen LogP contribution in [0.3, 0.4) is 0 Å². The zero-order valence-corrected chi connectivity index (χ0v) is 20.6. The topological polar surface area (TPSA) is 82.6 Å². The number of sulfonamides is 1. The molecule has 0 saturated heterocycles. The molecule has 1 amide bonds. The number of hydrogen-bond acceptors (Lipinski definition) is 6. The Labute approximate surface area is 199 Å². The lowest BCUT2D eigenvalue weighted by Crippen LogP contribution is -2.35. The van der Waals surface area contributed by atoms with E-state index < -0.39 is 10.0 Å². The van der Waals surface area contributed by atoms with Gasteiger partial charge in [-0.15, -0.1) is 11.3 Å². The predicted octanol–water partition coefficient (Wildman–Crippen LogP) is 4.38. The number of para-hydroxylation sites is 1. The molecule has 0 aliphatic carbocycles. The summed E-state index contributed by atoms with van der Waals surface area (Å²) in [7, 11) is -3.73. The average Bonchev–Trinajstić information content (AvgIpc) is 3.21. The Morgan fingerprint density at radius 2 is 1.85 bits per heavy atom. The number of anilines is 2. The fourth-order valence-corrected chi connectivity index (χ4v) is 6.37. The van der Waals surface area contributed by atoms with E-state index in [-0.39, 0.29) is 10.8 Å². The Hall–Kier alpha value is -2.75. The number of carbonyl (C=O) groups is 1. The quantitative estimate of drug-likeness (QED) is 0.538. The fraction of sp³-hybridized carbons (Fsp3) is 0.333. The second-order valence-electron chi connectivity index (χ2n) is 8.19. The van der Waals surface area contributed by atoms with Crippen molar-refractivity contribution in [2.45, 2.75) is 44.7 Å². The zero-order valence-electron chi connectivity index (χ0n) is 19.0. The molecule has 33 heavy (non-hydrogen) atoms. The van der Waals surface area contributed by atoms with E-state index in [0.29, 0.717) is 29.0 Å². The maximum Gasteiger partial charge on any atom is 0.264 e. The van der Waals surface area contributed by atoms with Crippen molar-refractivity contribution < 1.29 is 13.2 Å². The molecule has 0 unspecified atom stereocenters. The van der Waals surface area contributed by atoms with E-state index in [4.69, 9.17) is 0 Å². The Bertz CT molecular complexity index is 1220. The van der Waals surface area contributed by atoms with Crippen molar-refractivity contribution in [3.8, 4) is 0 Å². The molecule has 3 aromatic rings. The molecule has 2 aromatic carbocycles. The average molecular weight is 485 g/mol. The maximum atomic E-state index is 13.1. The summed E-state index contributed by atoms with van der Waals surface area (Å²) in [4.78, 5) is 21.1. The first kappa shape index (κ1) is 23.4. The Morgan fingerprint density at radius 1 is 1.15 bits per heavy atom. The normalized spacial score (nSPS) is 14.2. The third kappa shape index (κ3) is 4.95. The number of carbonyl (C=O) groups excluding carboxylic acids is 1. The summed E-state index contributed by atoms with van der Waals surface area (Å²) < 4.78 is 27.6. The second-order valence-corrected chi connectivity index (χ2v) is 11.1. The fourth-order valence-electron chi connectivity index (χ4n) is 3.87. The Kier molecular flexibility index (Phi) is 6.83. The Morgan fingerprint density at radius 3 is 2.48 bits per heavy atom. The molecule has 9 heteroatoms. The molecule has 1 aliphatic rings. The molecule has 0 fully saturated rings. The highest BCUT2D eigenvalue weighted by molar-refractivity contribution is 7.92. The molecule has 1 N–H and O–H groups in total. The van der Waals surface area contributed by atoms with Gasteiger partial charge in [-0.1, -0.05) is 18.2 Å². The number of rotatable bonds is 7. The van der Waals surface area contributed by atoms with Gasteiger partial charge in [0.1, 0.15) is 0 Å². The van der Waals surface area contributed by atoms with Crippen LogP contribution in [0.5, 0.6) is 0 Å². The van der Waals surface area contributed by atoms with Crippen LogP contribution in [-0.4, -0.2) is 43.3 Å². The SMILES string of the molecule is CCN(c1ccccc1)S(=O)(=O)c1ccc(C(=O)Nc2nc3c(s2)CN(C(C)C)CC3)cc1. The summed E-state index contributed by atoms with van der Waals surface area (Å²) >= 11 is 1.50. The summed E-state index contributed by atoms with van der Waals surface area (Å²) in [5.74, 6) is -0.304. The Balaban J connectivity index is 1.48. The molecule has 1 aromatic heterocycles. The van der Waals surface area contributed by atoms with Gasteiger partial charge in [0.05, 0.1) is 16.3 Å². The van der Waals surface area contributed by atoms with Crippen molar-refractivity contribution in [3.05, 3.63) is 70.7 Å². The molecule has 7 nitrogen and oxygen atoms in total. The third-order valence-electron chi connectivity index (χ3n) is 5.75. The van der Waals surface area contributed by atoms with Gasteiger partial charge < -0.3 is 0 Å². The van der Waals surface area contributed by atoms with Crippen molar-refractivity contribution in [2.24, 2.45) is 0 Å². The van der Waals surface area contributed by atoms with Gasteiger partial charge in [0.15, 0.2) is 5.13 Å². The van der Waals surface area contributed by atoms with Gasteiger partial charge in [0.25, 0.3) is 15.9 Å². The summed E-state index contributed by atoms with van der Waals surface area (Å²) in [5.41, 5.74) is 2.04. The molecule has 0 radical (unpaired) electrons. The van der Waals surface area contributed by atoms with E-state index in [1.807, 2.05) is 6.07 Å². The number of thiazole rings is 1. The number of hydrogen-bond donors (Lipinski definition) is 1. The van der Waals surface area contributed by atoms with Crippen molar-refractivity contribution in [1.82, 2.24) is 9.88 Å². The maximum absolute atomic E-state index is 13.1. The van der Waals surface area contributed by atoms with Gasteiger partial charge in [-0.25, -0.2) is 13.4 Å². The molecule has 174 valence electrons. The van der Waals surface area contributed by atoms with E-state index in [0.717, 1.165) is 25.2 Å². The van der Waals surface area contributed by atoms with E-state index in [1.54, 1.807) is 31.2 Å². The molecule has 4 rings (SSSR count). The zero-order chi connectivity index (χ0) is 23.6. The molecule has 0 atom stereocenters. The summed E-state index contributed by atoms with van der Waals surface area (Å²) in [5, 5.41) is 3.44. The molecule has 0 bridgehead atoms. The first-order chi connectivity index (χ1) is 15.8. The van der Waals surface area contributed by atoms with E-state index in [2.05, 4.69) is 29.0 Å². The first-order valence-corrected chi connectivity index (χ1v) is 13.3. The van der Waals surface area contributed by atoms with Gasteiger partial charge in [-0.2, -0.15) is 0 Å². The standard InChI is InChI=1S/C24H28N4O3S2/c1-4-28(19-8-6-5-7-9-19)33(30,31)20-12-10-18(11-13-20)23(29)26-24-25-21-14-15-27(17(2)3)16-22(21)32-24/h5-13,17H,4,14-16H2,1-3H3,(H,25,26,29). The smallest absolute Gasteiger partial charge is 0.264 e. The molecular formula is C24H28N4O3S2. The first-order valence-electron chi connectivity index (χ1n) is 11.0. The van der Waals surface area contributed by atoms with Gasteiger partial charge in [-0.3, -0.25) is 19.3 Å². The highest BCUT2D eigenvalue weighted by Crippen LogP contribution is 2.29. The molecule has 2 heterocycles. The largest absolute Gasteiger partial charge is 0.298 e. The van der Waals surface area contributed by atoms with Gasteiger partial charge >= 0.3 is 0 Å².